The van der Waals surface area contributed by atoms with Crippen LogP contribution in [-0.2, 0) is 15.8 Å². The number of anilines is 1. The van der Waals surface area contributed by atoms with Crippen LogP contribution in [0.2, 0.25) is 5.02 Å². The van der Waals surface area contributed by atoms with Crippen molar-refractivity contribution in [1.82, 2.24) is 0 Å². The second-order valence-corrected chi connectivity index (χ2v) is 6.94. The fourth-order valence-electron chi connectivity index (χ4n) is 2.59. The number of carboxylic acid groups (broad SMARTS) is 1. The molecule has 0 aliphatic heterocycles. The summed E-state index contributed by atoms with van der Waals surface area (Å²) < 4.78 is 44.6. The largest absolute Gasteiger partial charge is 0.481 e. The van der Waals surface area contributed by atoms with Crippen LogP contribution in [0, 0.1) is 0 Å². The summed E-state index contributed by atoms with van der Waals surface area (Å²) in [4.78, 5) is 23.1. The Morgan fingerprint density at radius 3 is 2.31 bits per heavy atom. The van der Waals surface area contributed by atoms with Gasteiger partial charge in [-0.2, -0.15) is 13.2 Å². The molecule has 156 valence electrons. The van der Waals surface area contributed by atoms with Crippen LogP contribution in [0.5, 0.6) is 5.75 Å². The summed E-state index contributed by atoms with van der Waals surface area (Å²) >= 11 is 5.62. The van der Waals surface area contributed by atoms with Gasteiger partial charge in [0.2, 0.25) is 0 Å². The normalized spacial score (nSPS) is 13.4. The highest BCUT2D eigenvalue weighted by Gasteiger charge is 2.35. The molecule has 0 heterocycles. The minimum atomic E-state index is -4.68. The summed E-state index contributed by atoms with van der Waals surface area (Å²) in [6, 6.07) is 9.56. The van der Waals surface area contributed by atoms with E-state index in [0.717, 1.165) is 17.7 Å². The summed E-state index contributed by atoms with van der Waals surface area (Å²) in [6.07, 6.45) is -5.92. The Bertz CT molecular complexity index is 884. The molecule has 2 aromatic rings. The molecule has 2 N–H and O–H groups in total. The number of halogens is 4. The molecule has 2 rings (SSSR count). The average molecular weight is 430 g/mol. The lowest BCUT2D eigenvalue weighted by molar-refractivity contribution is -0.140. The number of carbonyl (C=O) groups is 2. The van der Waals surface area contributed by atoms with Gasteiger partial charge in [0, 0.05) is 10.7 Å². The molecule has 29 heavy (non-hydrogen) atoms. The number of nitrogens with one attached hydrogen (secondary N) is 1. The van der Waals surface area contributed by atoms with Gasteiger partial charge in [0.25, 0.3) is 5.91 Å². The number of hydrogen-bond acceptors (Lipinski definition) is 3. The Kier molecular flexibility index (Phi) is 7.13. The Hall–Kier alpha value is -2.74. The van der Waals surface area contributed by atoms with Crippen molar-refractivity contribution in [2.45, 2.75) is 38.5 Å². The first-order valence-electron chi connectivity index (χ1n) is 8.63. The summed E-state index contributed by atoms with van der Waals surface area (Å²) in [7, 11) is 0. The van der Waals surface area contributed by atoms with Crippen LogP contribution >= 0.6 is 11.6 Å². The molecule has 0 bridgehead atoms. The van der Waals surface area contributed by atoms with Crippen LogP contribution in [0.25, 0.3) is 0 Å². The number of carboxylic acids is 1. The van der Waals surface area contributed by atoms with Crippen molar-refractivity contribution in [3.8, 4) is 5.75 Å². The fraction of sp³-hybridized carbons (Fsp3) is 0.300. The predicted molar refractivity (Wildman–Crippen MR) is 102 cm³/mol. The Morgan fingerprint density at radius 1 is 1.14 bits per heavy atom. The second kappa shape index (κ2) is 9.17. The van der Waals surface area contributed by atoms with Crippen LogP contribution < -0.4 is 10.1 Å². The molecule has 0 saturated carbocycles. The Balaban J connectivity index is 2.06. The van der Waals surface area contributed by atoms with Gasteiger partial charge in [-0.05, 0) is 48.7 Å². The van der Waals surface area contributed by atoms with Gasteiger partial charge in [0.1, 0.15) is 5.75 Å². The van der Waals surface area contributed by atoms with Crippen molar-refractivity contribution in [2.75, 3.05) is 5.32 Å². The van der Waals surface area contributed by atoms with Gasteiger partial charge < -0.3 is 15.2 Å². The zero-order valence-corrected chi connectivity index (χ0v) is 16.3. The van der Waals surface area contributed by atoms with Crippen LogP contribution in [0.4, 0.5) is 18.9 Å². The molecule has 2 unspecified atom stereocenters. The van der Waals surface area contributed by atoms with E-state index < -0.39 is 35.5 Å². The molecule has 0 spiro atoms. The highest BCUT2D eigenvalue weighted by atomic mass is 35.5. The quantitative estimate of drug-likeness (QED) is 0.622. The highest BCUT2D eigenvalue weighted by Crippen LogP contribution is 2.38. The number of aliphatic carboxylic acids is 1. The monoisotopic (exact) mass is 429 g/mol. The number of carbonyl (C=O) groups excluding carboxylic acids is 1. The molecule has 2 aromatic carbocycles. The molecular weight excluding hydrogens is 411 g/mol. The van der Waals surface area contributed by atoms with Gasteiger partial charge in [-0.25, -0.2) is 0 Å². The smallest absolute Gasteiger partial charge is 0.420 e. The fourth-order valence-corrected chi connectivity index (χ4v) is 2.76. The maximum absolute atomic E-state index is 13.1. The number of alkyl halides is 3. The SMILES string of the molecule is CC(Oc1ccc(Cl)cc1C(F)(F)F)C(=O)Nc1ccc(C(C)CC(=O)O)cc1. The molecule has 2 atom stereocenters. The molecule has 9 heteroatoms. The Labute approximate surface area is 170 Å². The molecule has 0 saturated heterocycles. The molecule has 0 fully saturated rings. The number of benzene rings is 2. The van der Waals surface area contributed by atoms with Crippen molar-refractivity contribution in [2.24, 2.45) is 0 Å². The van der Waals surface area contributed by atoms with E-state index in [4.69, 9.17) is 21.4 Å². The summed E-state index contributed by atoms with van der Waals surface area (Å²) in [6.45, 7) is 3.09. The van der Waals surface area contributed by atoms with E-state index in [2.05, 4.69) is 5.32 Å². The third-order valence-electron chi connectivity index (χ3n) is 4.15. The summed E-state index contributed by atoms with van der Waals surface area (Å²) in [5.74, 6) is -2.26. The third kappa shape index (κ3) is 6.39. The zero-order chi connectivity index (χ0) is 21.8. The molecular formula is C20H19ClF3NO4. The maximum atomic E-state index is 13.1. The maximum Gasteiger partial charge on any atom is 0.420 e. The standard InChI is InChI=1S/C20H19ClF3NO4/c1-11(9-18(26)27)13-3-6-15(7-4-13)25-19(28)12(2)29-17-8-5-14(21)10-16(17)20(22,23)24/h3-8,10-12H,9H2,1-2H3,(H,25,28)(H,26,27). The van der Waals surface area contributed by atoms with Gasteiger partial charge >= 0.3 is 12.1 Å². The molecule has 1 amide bonds. The van der Waals surface area contributed by atoms with E-state index >= 15 is 0 Å². The first-order chi connectivity index (χ1) is 13.5. The van der Waals surface area contributed by atoms with Gasteiger partial charge in [0.15, 0.2) is 6.10 Å². The second-order valence-electron chi connectivity index (χ2n) is 6.51. The van der Waals surface area contributed by atoms with E-state index in [1.54, 1.807) is 31.2 Å². The molecule has 0 aliphatic carbocycles. The van der Waals surface area contributed by atoms with Gasteiger partial charge in [-0.1, -0.05) is 30.7 Å². The topological polar surface area (TPSA) is 75.6 Å². The van der Waals surface area contributed by atoms with Crippen molar-refractivity contribution >= 4 is 29.2 Å². The molecule has 0 aliphatic rings. The van der Waals surface area contributed by atoms with E-state index in [1.165, 1.54) is 13.0 Å². The first-order valence-corrected chi connectivity index (χ1v) is 9.01. The number of rotatable bonds is 7. The van der Waals surface area contributed by atoms with Gasteiger partial charge in [-0.3, -0.25) is 9.59 Å². The first kappa shape index (κ1) is 22.5. The lowest BCUT2D eigenvalue weighted by Crippen LogP contribution is -2.30. The number of hydrogen-bond donors (Lipinski definition) is 2. The van der Waals surface area contributed by atoms with Crippen molar-refractivity contribution < 1.29 is 32.6 Å². The lowest BCUT2D eigenvalue weighted by atomic mass is 9.98. The predicted octanol–water partition coefficient (Wildman–Crippen LogP) is 5.34. The van der Waals surface area contributed by atoms with E-state index in [9.17, 15) is 22.8 Å². The van der Waals surface area contributed by atoms with Gasteiger partial charge in [-0.15, -0.1) is 0 Å². The minimum Gasteiger partial charge on any atom is -0.481 e. The number of amides is 1. The van der Waals surface area contributed by atoms with E-state index in [0.29, 0.717) is 5.69 Å². The van der Waals surface area contributed by atoms with Crippen molar-refractivity contribution in [3.05, 3.63) is 58.6 Å². The molecule has 5 nitrogen and oxygen atoms in total. The molecule has 0 aromatic heterocycles. The highest BCUT2D eigenvalue weighted by molar-refractivity contribution is 6.30. The number of ether oxygens (including phenoxy) is 1. The lowest BCUT2D eigenvalue weighted by Gasteiger charge is -2.19. The van der Waals surface area contributed by atoms with Crippen LogP contribution in [0.3, 0.4) is 0 Å². The average Bonchev–Trinajstić information content (AvgIpc) is 2.62. The summed E-state index contributed by atoms with van der Waals surface area (Å²) in [5.41, 5.74) is 0.121. The Morgan fingerprint density at radius 2 is 1.76 bits per heavy atom. The van der Waals surface area contributed by atoms with Gasteiger partial charge in [0.05, 0.1) is 12.0 Å². The van der Waals surface area contributed by atoms with E-state index in [1.807, 2.05) is 0 Å². The summed E-state index contributed by atoms with van der Waals surface area (Å²) in [5, 5.41) is 11.3. The molecule has 0 radical (unpaired) electrons. The van der Waals surface area contributed by atoms with Crippen LogP contribution in [0.1, 0.15) is 37.3 Å². The van der Waals surface area contributed by atoms with E-state index in [-0.39, 0.29) is 17.4 Å². The zero-order valence-electron chi connectivity index (χ0n) is 15.6. The van der Waals surface area contributed by atoms with Crippen LogP contribution in [-0.4, -0.2) is 23.1 Å². The van der Waals surface area contributed by atoms with Crippen molar-refractivity contribution in [3.63, 3.8) is 0 Å². The van der Waals surface area contributed by atoms with Crippen molar-refractivity contribution in [1.29, 1.82) is 0 Å². The third-order valence-corrected chi connectivity index (χ3v) is 4.38. The van der Waals surface area contributed by atoms with Crippen LogP contribution in [0.15, 0.2) is 42.5 Å². The minimum absolute atomic E-state index is 0.0286.